The van der Waals surface area contributed by atoms with Gasteiger partial charge < -0.3 is 10.3 Å². The molecule has 0 spiro atoms. The summed E-state index contributed by atoms with van der Waals surface area (Å²) in [5.41, 5.74) is 3.77. The van der Waals surface area contributed by atoms with Gasteiger partial charge in [-0.2, -0.15) is 0 Å². The first kappa shape index (κ1) is 17.0. The second kappa shape index (κ2) is 6.67. The van der Waals surface area contributed by atoms with Crippen molar-refractivity contribution in [3.05, 3.63) is 67.7 Å². The molecule has 128 valence electrons. The van der Waals surface area contributed by atoms with E-state index in [2.05, 4.69) is 38.4 Å². The fourth-order valence-corrected chi connectivity index (χ4v) is 4.45. The largest absolute Gasteiger partial charge is 0.356 e. The van der Waals surface area contributed by atoms with Gasteiger partial charge in [-0.1, -0.05) is 45.2 Å². The van der Waals surface area contributed by atoms with Crippen molar-refractivity contribution in [2.45, 2.75) is 25.3 Å². The zero-order chi connectivity index (χ0) is 17.6. The van der Waals surface area contributed by atoms with Crippen LogP contribution >= 0.6 is 39.1 Å². The normalized spacial score (nSPS) is 16.7. The van der Waals surface area contributed by atoms with Crippen molar-refractivity contribution in [2.75, 3.05) is 0 Å². The average molecular weight is 438 g/mol. The standard InChI is InChI=1S/C19H15BrCl2N2O/c20-10-7-8-15-12(9-10)11-3-1-6-16(18(11)23-15)24-19(25)17-13(21)4-2-5-14(17)22/h2,4-5,7-9,16,23H,1,3,6H2,(H,24,25). The summed E-state index contributed by atoms with van der Waals surface area (Å²) < 4.78 is 1.05. The number of fused-ring (bicyclic) bond motifs is 3. The summed E-state index contributed by atoms with van der Waals surface area (Å²) in [5, 5.41) is 5.03. The van der Waals surface area contributed by atoms with E-state index in [1.54, 1.807) is 18.2 Å². The Bertz CT molecular complexity index is 963. The lowest BCUT2D eigenvalue weighted by Crippen LogP contribution is -2.31. The van der Waals surface area contributed by atoms with Crippen molar-refractivity contribution in [3.63, 3.8) is 0 Å². The summed E-state index contributed by atoms with van der Waals surface area (Å²) >= 11 is 15.9. The van der Waals surface area contributed by atoms with Crippen molar-refractivity contribution in [1.29, 1.82) is 0 Å². The van der Waals surface area contributed by atoms with E-state index in [0.717, 1.165) is 34.9 Å². The van der Waals surface area contributed by atoms with Crippen LogP contribution in [0.5, 0.6) is 0 Å². The molecule has 0 radical (unpaired) electrons. The molecule has 3 nitrogen and oxygen atoms in total. The molecule has 0 saturated carbocycles. The highest BCUT2D eigenvalue weighted by molar-refractivity contribution is 9.10. The fourth-order valence-electron chi connectivity index (χ4n) is 3.52. The predicted molar refractivity (Wildman–Crippen MR) is 106 cm³/mol. The van der Waals surface area contributed by atoms with Gasteiger partial charge in [0.15, 0.2) is 0 Å². The SMILES string of the molecule is O=C(NC1CCCc2c1[nH]c1ccc(Br)cc21)c1c(Cl)cccc1Cl. The van der Waals surface area contributed by atoms with E-state index in [4.69, 9.17) is 23.2 Å². The van der Waals surface area contributed by atoms with E-state index in [9.17, 15) is 4.79 Å². The minimum Gasteiger partial charge on any atom is -0.356 e. The summed E-state index contributed by atoms with van der Waals surface area (Å²) in [6.07, 6.45) is 2.91. The van der Waals surface area contributed by atoms with Gasteiger partial charge in [-0.05, 0) is 55.2 Å². The molecule has 0 bridgehead atoms. The van der Waals surface area contributed by atoms with Crippen LogP contribution in [0.2, 0.25) is 10.0 Å². The molecule has 2 aromatic carbocycles. The maximum atomic E-state index is 12.7. The predicted octanol–water partition coefficient (Wildman–Crippen LogP) is 6.04. The molecule has 0 saturated heterocycles. The quantitative estimate of drug-likeness (QED) is 0.503. The minimum absolute atomic E-state index is 0.0743. The third kappa shape index (κ3) is 3.07. The molecule has 2 N–H and O–H groups in total. The van der Waals surface area contributed by atoms with Crippen LogP contribution in [0.3, 0.4) is 0 Å². The number of halogens is 3. The number of aromatic nitrogens is 1. The van der Waals surface area contributed by atoms with E-state index in [0.29, 0.717) is 15.6 Å². The topological polar surface area (TPSA) is 44.9 Å². The molecule has 1 heterocycles. The molecule has 1 aromatic heterocycles. The van der Waals surface area contributed by atoms with E-state index < -0.39 is 0 Å². The maximum absolute atomic E-state index is 12.7. The van der Waals surface area contributed by atoms with Crippen LogP contribution in [-0.4, -0.2) is 10.9 Å². The van der Waals surface area contributed by atoms with E-state index >= 15 is 0 Å². The summed E-state index contributed by atoms with van der Waals surface area (Å²) in [6.45, 7) is 0. The van der Waals surface area contributed by atoms with Crippen molar-refractivity contribution in [3.8, 4) is 0 Å². The number of rotatable bonds is 2. The van der Waals surface area contributed by atoms with Gasteiger partial charge in [0.25, 0.3) is 5.91 Å². The second-order valence-corrected chi connectivity index (χ2v) is 7.95. The van der Waals surface area contributed by atoms with Gasteiger partial charge in [0.1, 0.15) is 0 Å². The van der Waals surface area contributed by atoms with Gasteiger partial charge in [-0.25, -0.2) is 0 Å². The number of aromatic amines is 1. The lowest BCUT2D eigenvalue weighted by Gasteiger charge is -2.24. The number of hydrogen-bond acceptors (Lipinski definition) is 1. The van der Waals surface area contributed by atoms with E-state index in [1.807, 2.05) is 6.07 Å². The van der Waals surface area contributed by atoms with Crippen LogP contribution < -0.4 is 5.32 Å². The van der Waals surface area contributed by atoms with Gasteiger partial charge in [0.2, 0.25) is 0 Å². The third-order valence-corrected chi connectivity index (χ3v) is 5.79. The fraction of sp³-hybridized carbons (Fsp3) is 0.211. The van der Waals surface area contributed by atoms with Crippen LogP contribution in [0, 0.1) is 0 Å². The van der Waals surface area contributed by atoms with Crippen LogP contribution in [0.1, 0.15) is 40.5 Å². The number of hydrogen-bond donors (Lipinski definition) is 2. The van der Waals surface area contributed by atoms with Crippen LogP contribution in [0.4, 0.5) is 0 Å². The molecule has 0 aliphatic heterocycles. The Labute approximate surface area is 163 Å². The summed E-state index contributed by atoms with van der Waals surface area (Å²) in [6, 6.07) is 11.2. The minimum atomic E-state index is -0.242. The molecule has 1 aliphatic carbocycles. The Morgan fingerprint density at radius 2 is 1.96 bits per heavy atom. The molecular weight excluding hydrogens is 423 g/mol. The first-order valence-corrected chi connectivity index (χ1v) is 9.64. The molecule has 1 amide bonds. The Balaban J connectivity index is 1.70. The van der Waals surface area contributed by atoms with Crippen LogP contribution in [0.25, 0.3) is 10.9 Å². The first-order chi connectivity index (χ1) is 12.0. The smallest absolute Gasteiger partial charge is 0.254 e. The monoisotopic (exact) mass is 436 g/mol. The Hall–Kier alpha value is -1.49. The number of nitrogens with one attached hydrogen (secondary N) is 2. The second-order valence-electron chi connectivity index (χ2n) is 6.22. The number of aryl methyl sites for hydroxylation is 1. The summed E-state index contributed by atoms with van der Waals surface area (Å²) in [7, 11) is 0. The number of carbonyl (C=O) groups is 1. The molecule has 1 unspecified atom stereocenters. The van der Waals surface area contributed by atoms with Gasteiger partial charge in [-0.3, -0.25) is 4.79 Å². The molecule has 3 aromatic rings. The number of H-pyrrole nitrogens is 1. The third-order valence-electron chi connectivity index (χ3n) is 4.66. The Morgan fingerprint density at radius 1 is 1.20 bits per heavy atom. The number of amides is 1. The average Bonchev–Trinajstić information content (AvgIpc) is 2.94. The molecule has 25 heavy (non-hydrogen) atoms. The number of carbonyl (C=O) groups excluding carboxylic acids is 1. The van der Waals surface area contributed by atoms with Gasteiger partial charge in [0, 0.05) is 21.1 Å². The van der Waals surface area contributed by atoms with E-state index in [1.165, 1.54) is 10.9 Å². The lowest BCUT2D eigenvalue weighted by atomic mass is 9.91. The number of benzene rings is 2. The van der Waals surface area contributed by atoms with Crippen molar-refractivity contribution >= 4 is 55.9 Å². The van der Waals surface area contributed by atoms with Crippen molar-refractivity contribution < 1.29 is 4.79 Å². The highest BCUT2D eigenvalue weighted by Crippen LogP contribution is 2.36. The maximum Gasteiger partial charge on any atom is 0.254 e. The molecular formula is C19H15BrCl2N2O. The van der Waals surface area contributed by atoms with Gasteiger partial charge >= 0.3 is 0 Å². The zero-order valence-corrected chi connectivity index (χ0v) is 16.3. The van der Waals surface area contributed by atoms with Crippen LogP contribution in [-0.2, 0) is 6.42 Å². The summed E-state index contributed by atoms with van der Waals surface area (Å²) in [5.74, 6) is -0.242. The molecule has 0 fully saturated rings. The van der Waals surface area contributed by atoms with Crippen LogP contribution in [0.15, 0.2) is 40.9 Å². The lowest BCUT2D eigenvalue weighted by molar-refractivity contribution is 0.0932. The molecule has 1 aliphatic rings. The highest BCUT2D eigenvalue weighted by atomic mass is 79.9. The molecule has 4 rings (SSSR count). The Morgan fingerprint density at radius 3 is 2.72 bits per heavy atom. The highest BCUT2D eigenvalue weighted by Gasteiger charge is 2.27. The van der Waals surface area contributed by atoms with Gasteiger partial charge in [-0.15, -0.1) is 0 Å². The zero-order valence-electron chi connectivity index (χ0n) is 13.2. The molecule has 6 heteroatoms. The summed E-state index contributed by atoms with van der Waals surface area (Å²) in [4.78, 5) is 16.2. The van der Waals surface area contributed by atoms with Crippen molar-refractivity contribution in [2.24, 2.45) is 0 Å². The Kier molecular flexibility index (Phi) is 4.52. The first-order valence-electron chi connectivity index (χ1n) is 8.09. The van der Waals surface area contributed by atoms with Gasteiger partial charge in [0.05, 0.1) is 21.7 Å². The van der Waals surface area contributed by atoms with E-state index in [-0.39, 0.29) is 11.9 Å². The molecule has 1 atom stereocenters. The van der Waals surface area contributed by atoms with Crippen molar-refractivity contribution in [1.82, 2.24) is 10.3 Å².